The molecule has 0 saturated heterocycles. The smallest absolute Gasteiger partial charge is 0.0528 e. The molecule has 0 radical (unpaired) electrons. The molecule has 1 N–H and O–H groups in total. The van der Waals surface area contributed by atoms with Gasteiger partial charge >= 0.3 is 0 Å². The fourth-order valence-electron chi connectivity index (χ4n) is 1.88. The maximum atomic E-state index is 4.12. The highest BCUT2D eigenvalue weighted by Crippen LogP contribution is 2.36. The van der Waals surface area contributed by atoms with Gasteiger partial charge in [-0.1, -0.05) is 6.08 Å². The maximum absolute atomic E-state index is 4.12. The molecule has 1 unspecified atom stereocenters. The molecule has 15 heavy (non-hydrogen) atoms. The first-order chi connectivity index (χ1) is 7.40. The molecule has 2 nitrogen and oxygen atoms in total. The van der Waals surface area contributed by atoms with Crippen molar-refractivity contribution >= 4 is 5.69 Å². The number of anilines is 1. The average Bonchev–Trinajstić information content (AvgIpc) is 3.09. The summed E-state index contributed by atoms with van der Waals surface area (Å²) in [5.41, 5.74) is 1.14. The number of allylic oxidation sites excluding steroid dienone is 1. The van der Waals surface area contributed by atoms with Gasteiger partial charge in [0.05, 0.1) is 5.69 Å². The summed E-state index contributed by atoms with van der Waals surface area (Å²) >= 11 is 0. The highest BCUT2D eigenvalue weighted by molar-refractivity contribution is 5.41. The molecule has 0 spiro atoms. The second-order valence-electron chi connectivity index (χ2n) is 4.20. The molecule has 0 aromatic carbocycles. The topological polar surface area (TPSA) is 24.9 Å². The summed E-state index contributed by atoms with van der Waals surface area (Å²) in [6, 6.07) is 4.66. The number of hydrogen-bond donors (Lipinski definition) is 1. The normalized spacial score (nSPS) is 17.1. The Balaban J connectivity index is 1.91. The monoisotopic (exact) mass is 202 g/mol. The Kier molecular flexibility index (Phi) is 3.38. The first-order valence-corrected chi connectivity index (χ1v) is 5.67. The van der Waals surface area contributed by atoms with E-state index in [-0.39, 0.29) is 0 Å². The molecule has 0 amide bonds. The van der Waals surface area contributed by atoms with Crippen LogP contribution in [0.4, 0.5) is 5.69 Å². The lowest BCUT2D eigenvalue weighted by Crippen LogP contribution is -2.21. The molecule has 1 heterocycles. The molecule has 1 aliphatic rings. The summed E-state index contributed by atoms with van der Waals surface area (Å²) in [4.78, 5) is 4.12. The van der Waals surface area contributed by atoms with Crippen LogP contribution in [-0.4, -0.2) is 11.0 Å². The highest BCUT2D eigenvalue weighted by atomic mass is 14.9. The Morgan fingerprint density at radius 2 is 2.47 bits per heavy atom. The molecule has 1 aliphatic carbocycles. The summed E-state index contributed by atoms with van der Waals surface area (Å²) < 4.78 is 0. The van der Waals surface area contributed by atoms with E-state index in [1.807, 2.05) is 18.3 Å². The summed E-state index contributed by atoms with van der Waals surface area (Å²) in [6.45, 7) is 3.78. The average molecular weight is 202 g/mol. The third-order valence-corrected chi connectivity index (χ3v) is 2.89. The quantitative estimate of drug-likeness (QED) is 0.716. The van der Waals surface area contributed by atoms with Crippen molar-refractivity contribution in [3.05, 3.63) is 37.2 Å². The number of pyridine rings is 1. The molecule has 1 aromatic heterocycles. The van der Waals surface area contributed by atoms with E-state index in [1.165, 1.54) is 19.3 Å². The molecule has 1 atom stereocenters. The van der Waals surface area contributed by atoms with Crippen LogP contribution in [0.2, 0.25) is 0 Å². The van der Waals surface area contributed by atoms with E-state index in [0.29, 0.717) is 6.04 Å². The Labute approximate surface area is 91.4 Å². The SMILES string of the molecule is C=CCCC(Nc1cccnc1)C1CC1. The molecule has 0 aliphatic heterocycles. The first kappa shape index (κ1) is 10.2. The summed E-state index contributed by atoms with van der Waals surface area (Å²) in [7, 11) is 0. The molecule has 80 valence electrons. The van der Waals surface area contributed by atoms with Gasteiger partial charge in [-0.25, -0.2) is 0 Å². The van der Waals surface area contributed by atoms with Crippen LogP contribution in [0.5, 0.6) is 0 Å². The zero-order chi connectivity index (χ0) is 10.5. The third-order valence-electron chi connectivity index (χ3n) is 2.89. The van der Waals surface area contributed by atoms with E-state index in [0.717, 1.165) is 18.0 Å². The maximum Gasteiger partial charge on any atom is 0.0528 e. The Morgan fingerprint density at radius 3 is 3.07 bits per heavy atom. The molecule has 2 heteroatoms. The van der Waals surface area contributed by atoms with Gasteiger partial charge in [0.1, 0.15) is 0 Å². The van der Waals surface area contributed by atoms with Crippen LogP contribution in [-0.2, 0) is 0 Å². The van der Waals surface area contributed by atoms with E-state index in [4.69, 9.17) is 0 Å². The minimum Gasteiger partial charge on any atom is -0.381 e. The fourth-order valence-corrected chi connectivity index (χ4v) is 1.88. The molecular formula is C13H18N2. The third kappa shape index (κ3) is 3.08. The zero-order valence-electron chi connectivity index (χ0n) is 9.02. The van der Waals surface area contributed by atoms with Gasteiger partial charge in [0.15, 0.2) is 0 Å². The molecule has 1 aromatic rings. The van der Waals surface area contributed by atoms with Gasteiger partial charge < -0.3 is 5.32 Å². The number of nitrogens with zero attached hydrogens (tertiary/aromatic N) is 1. The van der Waals surface area contributed by atoms with Gasteiger partial charge in [-0.3, -0.25) is 4.98 Å². The lowest BCUT2D eigenvalue weighted by atomic mass is 10.1. The molecule has 1 saturated carbocycles. The summed E-state index contributed by atoms with van der Waals surface area (Å²) in [6.07, 6.45) is 10.7. The minimum atomic E-state index is 0.604. The molecule has 0 bridgehead atoms. The van der Waals surface area contributed by atoms with Crippen LogP contribution in [0.3, 0.4) is 0 Å². The van der Waals surface area contributed by atoms with Gasteiger partial charge in [0, 0.05) is 18.4 Å². The van der Waals surface area contributed by atoms with Crippen LogP contribution in [0.25, 0.3) is 0 Å². The predicted octanol–water partition coefficient (Wildman–Crippen LogP) is 3.24. The second-order valence-corrected chi connectivity index (χ2v) is 4.20. The predicted molar refractivity (Wildman–Crippen MR) is 63.8 cm³/mol. The van der Waals surface area contributed by atoms with E-state index in [2.05, 4.69) is 22.9 Å². The van der Waals surface area contributed by atoms with E-state index >= 15 is 0 Å². The van der Waals surface area contributed by atoms with Gasteiger partial charge in [-0.15, -0.1) is 6.58 Å². The van der Waals surface area contributed by atoms with Gasteiger partial charge in [0.25, 0.3) is 0 Å². The van der Waals surface area contributed by atoms with Crippen LogP contribution in [0.1, 0.15) is 25.7 Å². The Hall–Kier alpha value is -1.31. The number of rotatable bonds is 6. The Morgan fingerprint density at radius 1 is 1.60 bits per heavy atom. The van der Waals surface area contributed by atoms with Crippen molar-refractivity contribution in [3.8, 4) is 0 Å². The molecule has 1 fully saturated rings. The summed E-state index contributed by atoms with van der Waals surface area (Å²) in [5.74, 6) is 0.866. The van der Waals surface area contributed by atoms with Gasteiger partial charge in [0.2, 0.25) is 0 Å². The van der Waals surface area contributed by atoms with Gasteiger partial charge in [-0.05, 0) is 43.7 Å². The van der Waals surface area contributed by atoms with Crippen molar-refractivity contribution in [1.82, 2.24) is 4.98 Å². The first-order valence-electron chi connectivity index (χ1n) is 5.67. The van der Waals surface area contributed by atoms with Crippen molar-refractivity contribution in [3.63, 3.8) is 0 Å². The van der Waals surface area contributed by atoms with Crippen molar-refractivity contribution in [2.45, 2.75) is 31.7 Å². The number of aromatic nitrogens is 1. The number of hydrogen-bond acceptors (Lipinski definition) is 2. The van der Waals surface area contributed by atoms with E-state index in [1.54, 1.807) is 6.20 Å². The largest absolute Gasteiger partial charge is 0.381 e. The van der Waals surface area contributed by atoms with Crippen LogP contribution < -0.4 is 5.32 Å². The van der Waals surface area contributed by atoms with E-state index in [9.17, 15) is 0 Å². The van der Waals surface area contributed by atoms with Crippen LogP contribution in [0.15, 0.2) is 37.2 Å². The van der Waals surface area contributed by atoms with E-state index < -0.39 is 0 Å². The number of nitrogens with one attached hydrogen (secondary N) is 1. The lowest BCUT2D eigenvalue weighted by Gasteiger charge is -2.18. The van der Waals surface area contributed by atoms with Crippen LogP contribution >= 0.6 is 0 Å². The minimum absolute atomic E-state index is 0.604. The molecular weight excluding hydrogens is 184 g/mol. The van der Waals surface area contributed by atoms with Crippen LogP contribution in [0, 0.1) is 5.92 Å². The standard InChI is InChI=1S/C13H18N2/c1-2-3-6-13(11-7-8-11)15-12-5-4-9-14-10-12/h2,4-5,9-11,13,15H,1,3,6-8H2. The fraction of sp³-hybridized carbons (Fsp3) is 0.462. The van der Waals surface area contributed by atoms with Gasteiger partial charge in [-0.2, -0.15) is 0 Å². The molecule has 2 rings (SSSR count). The van der Waals surface area contributed by atoms with Crippen molar-refractivity contribution in [2.75, 3.05) is 5.32 Å². The Bertz CT molecular complexity index is 304. The van der Waals surface area contributed by atoms with Crippen molar-refractivity contribution in [1.29, 1.82) is 0 Å². The summed E-state index contributed by atoms with van der Waals surface area (Å²) in [5, 5.41) is 3.57. The highest BCUT2D eigenvalue weighted by Gasteiger charge is 2.30. The second kappa shape index (κ2) is 4.96. The van der Waals surface area contributed by atoms with Crippen molar-refractivity contribution in [2.24, 2.45) is 5.92 Å². The zero-order valence-corrected chi connectivity index (χ0v) is 9.02. The lowest BCUT2D eigenvalue weighted by molar-refractivity contribution is 0.592. The van der Waals surface area contributed by atoms with Crippen molar-refractivity contribution < 1.29 is 0 Å².